The zero-order chi connectivity index (χ0) is 8.43. The van der Waals surface area contributed by atoms with E-state index in [1.54, 1.807) is 6.20 Å². The molecule has 0 unspecified atom stereocenters. The van der Waals surface area contributed by atoms with Gasteiger partial charge in [0.05, 0.1) is 11.8 Å². The molecule has 1 rings (SSSR count). The monoisotopic (exact) mass is 152 g/mol. The van der Waals surface area contributed by atoms with Gasteiger partial charge in [-0.3, -0.25) is 9.48 Å². The first-order chi connectivity index (χ1) is 5.16. The van der Waals surface area contributed by atoms with Gasteiger partial charge in [0.1, 0.15) is 0 Å². The highest BCUT2D eigenvalue weighted by molar-refractivity contribution is 5.75. The third-order valence-electron chi connectivity index (χ3n) is 1.70. The molecule has 3 heteroatoms. The highest BCUT2D eigenvalue weighted by Crippen LogP contribution is 2.10. The normalized spacial score (nSPS) is 10.5. The number of carbonyl (C=O) groups is 1. The predicted octanol–water partition coefficient (Wildman–Crippen LogP) is 1.58. The van der Waals surface area contributed by atoms with E-state index in [4.69, 9.17) is 0 Å². The van der Waals surface area contributed by atoms with Gasteiger partial charge in [0.25, 0.3) is 0 Å². The van der Waals surface area contributed by atoms with Crippen molar-refractivity contribution in [3.05, 3.63) is 17.5 Å². The van der Waals surface area contributed by atoms with Crippen molar-refractivity contribution in [2.24, 2.45) is 0 Å². The van der Waals surface area contributed by atoms with E-state index in [0.717, 1.165) is 12.0 Å². The lowest BCUT2D eigenvalue weighted by atomic mass is 10.3. The minimum absolute atomic E-state index is 0.323. The average molecular weight is 152 g/mol. The number of hydrogen-bond donors (Lipinski definition) is 0. The van der Waals surface area contributed by atoms with E-state index in [-0.39, 0.29) is 0 Å². The SMILES string of the molecule is Cc1c(C=O)cnn1C(C)C. The van der Waals surface area contributed by atoms with Gasteiger partial charge in [0.15, 0.2) is 6.29 Å². The smallest absolute Gasteiger partial charge is 0.153 e. The molecule has 0 saturated carbocycles. The van der Waals surface area contributed by atoms with Crippen molar-refractivity contribution >= 4 is 6.29 Å². The molecule has 0 amide bonds. The quantitative estimate of drug-likeness (QED) is 0.603. The van der Waals surface area contributed by atoms with Crippen LogP contribution in [0, 0.1) is 6.92 Å². The predicted molar refractivity (Wildman–Crippen MR) is 42.7 cm³/mol. The summed E-state index contributed by atoms with van der Waals surface area (Å²) in [7, 11) is 0. The Kier molecular flexibility index (Phi) is 2.08. The zero-order valence-electron chi connectivity index (χ0n) is 7.03. The van der Waals surface area contributed by atoms with E-state index in [1.165, 1.54) is 0 Å². The second-order valence-corrected chi connectivity index (χ2v) is 2.84. The standard InChI is InChI=1S/C8H12N2O/c1-6(2)10-7(3)8(5-11)4-9-10/h4-6H,1-3H3. The molecule has 0 radical (unpaired) electrons. The Hall–Kier alpha value is -1.12. The molecule has 0 fully saturated rings. The summed E-state index contributed by atoms with van der Waals surface area (Å²) in [5.41, 5.74) is 1.62. The summed E-state index contributed by atoms with van der Waals surface area (Å²) in [5.74, 6) is 0. The molecule has 1 aromatic heterocycles. The number of hydrogen-bond acceptors (Lipinski definition) is 2. The van der Waals surface area contributed by atoms with E-state index in [2.05, 4.69) is 5.10 Å². The van der Waals surface area contributed by atoms with Crippen LogP contribution in [0.1, 0.15) is 35.9 Å². The molecule has 3 nitrogen and oxygen atoms in total. The van der Waals surface area contributed by atoms with Gasteiger partial charge < -0.3 is 0 Å². The van der Waals surface area contributed by atoms with Gasteiger partial charge in [-0.1, -0.05) is 0 Å². The lowest BCUT2D eigenvalue weighted by Crippen LogP contribution is -2.04. The van der Waals surface area contributed by atoms with Crippen LogP contribution in [0.2, 0.25) is 0 Å². The maximum atomic E-state index is 10.4. The minimum atomic E-state index is 0.323. The van der Waals surface area contributed by atoms with Crippen LogP contribution in [0.4, 0.5) is 0 Å². The summed E-state index contributed by atoms with van der Waals surface area (Å²) in [5, 5.41) is 4.07. The van der Waals surface area contributed by atoms with E-state index < -0.39 is 0 Å². The molecular formula is C8H12N2O. The lowest BCUT2D eigenvalue weighted by Gasteiger charge is -2.06. The molecule has 1 heterocycles. The zero-order valence-corrected chi connectivity index (χ0v) is 7.03. The van der Waals surface area contributed by atoms with Crippen molar-refractivity contribution in [1.82, 2.24) is 9.78 Å². The van der Waals surface area contributed by atoms with Crippen LogP contribution < -0.4 is 0 Å². The Bertz CT molecular complexity index is 263. The molecule has 0 spiro atoms. The van der Waals surface area contributed by atoms with Crippen molar-refractivity contribution in [3.8, 4) is 0 Å². The largest absolute Gasteiger partial charge is 0.298 e. The molecule has 0 atom stereocenters. The molecule has 11 heavy (non-hydrogen) atoms. The summed E-state index contributed by atoms with van der Waals surface area (Å²) in [4.78, 5) is 10.4. The van der Waals surface area contributed by atoms with Crippen LogP contribution in [-0.4, -0.2) is 16.1 Å². The molecule has 0 N–H and O–H groups in total. The summed E-state index contributed by atoms with van der Waals surface area (Å²) >= 11 is 0. The Balaban J connectivity index is 3.10. The van der Waals surface area contributed by atoms with Crippen LogP contribution in [0.15, 0.2) is 6.20 Å². The molecule has 0 aliphatic heterocycles. The Morgan fingerprint density at radius 1 is 1.64 bits per heavy atom. The van der Waals surface area contributed by atoms with Gasteiger partial charge in [-0.05, 0) is 20.8 Å². The van der Waals surface area contributed by atoms with Crippen LogP contribution >= 0.6 is 0 Å². The van der Waals surface area contributed by atoms with Crippen molar-refractivity contribution in [3.63, 3.8) is 0 Å². The third kappa shape index (κ3) is 1.31. The summed E-state index contributed by atoms with van der Waals surface area (Å²) in [6.45, 7) is 5.97. The fraction of sp³-hybridized carbons (Fsp3) is 0.500. The summed E-state index contributed by atoms with van der Waals surface area (Å²) < 4.78 is 1.84. The van der Waals surface area contributed by atoms with E-state index >= 15 is 0 Å². The highest BCUT2D eigenvalue weighted by Gasteiger charge is 2.06. The molecule has 0 aliphatic carbocycles. The van der Waals surface area contributed by atoms with E-state index in [0.29, 0.717) is 11.6 Å². The minimum Gasteiger partial charge on any atom is -0.298 e. The van der Waals surface area contributed by atoms with Crippen LogP contribution in [-0.2, 0) is 0 Å². The van der Waals surface area contributed by atoms with Crippen molar-refractivity contribution in [2.75, 3.05) is 0 Å². The fourth-order valence-electron chi connectivity index (χ4n) is 1.07. The number of aromatic nitrogens is 2. The molecule has 0 aliphatic rings. The van der Waals surface area contributed by atoms with Crippen LogP contribution in [0.5, 0.6) is 0 Å². The Morgan fingerprint density at radius 3 is 2.55 bits per heavy atom. The maximum Gasteiger partial charge on any atom is 0.153 e. The van der Waals surface area contributed by atoms with Gasteiger partial charge in [-0.25, -0.2) is 0 Å². The van der Waals surface area contributed by atoms with Gasteiger partial charge in [-0.2, -0.15) is 5.10 Å². The molecule has 0 bridgehead atoms. The second kappa shape index (κ2) is 2.86. The number of carbonyl (C=O) groups excluding carboxylic acids is 1. The summed E-state index contributed by atoms with van der Waals surface area (Å²) in [6, 6.07) is 0.323. The van der Waals surface area contributed by atoms with Crippen molar-refractivity contribution in [2.45, 2.75) is 26.8 Å². The average Bonchev–Trinajstić information content (AvgIpc) is 2.30. The maximum absolute atomic E-state index is 10.4. The number of rotatable bonds is 2. The molecular weight excluding hydrogens is 140 g/mol. The third-order valence-corrected chi connectivity index (χ3v) is 1.70. The molecule has 0 saturated heterocycles. The molecule has 1 aromatic rings. The van der Waals surface area contributed by atoms with E-state index in [1.807, 2.05) is 25.5 Å². The van der Waals surface area contributed by atoms with Crippen LogP contribution in [0.25, 0.3) is 0 Å². The molecule has 0 aromatic carbocycles. The van der Waals surface area contributed by atoms with E-state index in [9.17, 15) is 4.79 Å². The Morgan fingerprint density at radius 2 is 2.27 bits per heavy atom. The van der Waals surface area contributed by atoms with Gasteiger partial charge >= 0.3 is 0 Å². The van der Waals surface area contributed by atoms with Crippen molar-refractivity contribution < 1.29 is 4.79 Å². The first-order valence-corrected chi connectivity index (χ1v) is 3.66. The van der Waals surface area contributed by atoms with Crippen LogP contribution in [0.3, 0.4) is 0 Å². The number of aldehydes is 1. The lowest BCUT2D eigenvalue weighted by molar-refractivity contribution is 0.112. The van der Waals surface area contributed by atoms with Gasteiger partial charge in [-0.15, -0.1) is 0 Å². The fourth-order valence-corrected chi connectivity index (χ4v) is 1.07. The first-order valence-electron chi connectivity index (χ1n) is 3.66. The first kappa shape index (κ1) is 7.98. The van der Waals surface area contributed by atoms with Gasteiger partial charge in [0.2, 0.25) is 0 Å². The van der Waals surface area contributed by atoms with Gasteiger partial charge in [0, 0.05) is 11.7 Å². The Labute approximate surface area is 66.0 Å². The second-order valence-electron chi connectivity index (χ2n) is 2.84. The highest BCUT2D eigenvalue weighted by atomic mass is 16.1. The summed E-state index contributed by atoms with van der Waals surface area (Å²) in [6.07, 6.45) is 2.43. The van der Waals surface area contributed by atoms with Crippen molar-refractivity contribution in [1.29, 1.82) is 0 Å². The number of nitrogens with zero attached hydrogens (tertiary/aromatic N) is 2. The molecule has 60 valence electrons. The topological polar surface area (TPSA) is 34.9 Å².